The molecule has 0 heterocycles. The SMILES string of the molecule is Oc1ccc(CNc2c(Cl)cc(F)cc2Br)cc1Br. The van der Waals surface area contributed by atoms with Gasteiger partial charge in [0.25, 0.3) is 0 Å². The smallest absolute Gasteiger partial charge is 0.129 e. The minimum absolute atomic E-state index is 0.185. The number of benzene rings is 2. The second-order valence-electron chi connectivity index (χ2n) is 3.88. The van der Waals surface area contributed by atoms with E-state index in [9.17, 15) is 9.50 Å². The van der Waals surface area contributed by atoms with Crippen LogP contribution in [-0.4, -0.2) is 5.11 Å². The summed E-state index contributed by atoms with van der Waals surface area (Å²) in [6.45, 7) is 0.503. The van der Waals surface area contributed by atoms with Crippen molar-refractivity contribution in [2.24, 2.45) is 0 Å². The first kappa shape index (κ1) is 14.6. The lowest BCUT2D eigenvalue weighted by atomic mass is 10.2. The summed E-state index contributed by atoms with van der Waals surface area (Å²) in [5.41, 5.74) is 1.59. The fraction of sp³-hybridized carbons (Fsp3) is 0.0769. The van der Waals surface area contributed by atoms with Crippen molar-refractivity contribution in [2.75, 3.05) is 5.32 Å². The lowest BCUT2D eigenvalue weighted by Gasteiger charge is -2.11. The summed E-state index contributed by atoms with van der Waals surface area (Å²) in [6, 6.07) is 7.79. The van der Waals surface area contributed by atoms with Crippen LogP contribution in [0.5, 0.6) is 5.75 Å². The van der Waals surface area contributed by atoms with Gasteiger partial charge in [-0.1, -0.05) is 17.7 Å². The molecule has 6 heteroatoms. The number of rotatable bonds is 3. The van der Waals surface area contributed by atoms with Crippen LogP contribution in [0.2, 0.25) is 5.02 Å². The normalized spacial score (nSPS) is 10.5. The quantitative estimate of drug-likeness (QED) is 0.719. The van der Waals surface area contributed by atoms with E-state index in [1.54, 1.807) is 18.2 Å². The fourth-order valence-corrected chi connectivity index (χ4v) is 2.95. The van der Waals surface area contributed by atoms with Crippen molar-refractivity contribution >= 4 is 49.1 Å². The van der Waals surface area contributed by atoms with Gasteiger partial charge in [0.05, 0.1) is 15.2 Å². The molecule has 0 aromatic heterocycles. The lowest BCUT2D eigenvalue weighted by Crippen LogP contribution is -2.01. The molecule has 0 fully saturated rings. The van der Waals surface area contributed by atoms with Crippen molar-refractivity contribution in [1.29, 1.82) is 0 Å². The Morgan fingerprint density at radius 1 is 1.16 bits per heavy atom. The van der Waals surface area contributed by atoms with Crippen molar-refractivity contribution in [2.45, 2.75) is 6.54 Å². The molecule has 19 heavy (non-hydrogen) atoms. The minimum Gasteiger partial charge on any atom is -0.507 e. The molecule has 2 aromatic rings. The number of halogens is 4. The Bertz CT molecular complexity index is 599. The Labute approximate surface area is 131 Å². The summed E-state index contributed by atoms with van der Waals surface area (Å²) in [7, 11) is 0. The zero-order valence-corrected chi connectivity index (χ0v) is 13.5. The first-order chi connectivity index (χ1) is 8.97. The summed E-state index contributed by atoms with van der Waals surface area (Å²) in [5.74, 6) is -0.209. The molecule has 2 aromatic carbocycles. The van der Waals surface area contributed by atoms with Crippen molar-refractivity contribution in [3.63, 3.8) is 0 Å². The Morgan fingerprint density at radius 2 is 1.89 bits per heavy atom. The average Bonchev–Trinajstić information content (AvgIpc) is 2.32. The van der Waals surface area contributed by atoms with Crippen LogP contribution in [0.4, 0.5) is 10.1 Å². The van der Waals surface area contributed by atoms with Gasteiger partial charge in [0.2, 0.25) is 0 Å². The van der Waals surface area contributed by atoms with Gasteiger partial charge in [0, 0.05) is 11.0 Å². The van der Waals surface area contributed by atoms with E-state index in [1.807, 2.05) is 0 Å². The first-order valence-electron chi connectivity index (χ1n) is 5.33. The highest BCUT2D eigenvalue weighted by molar-refractivity contribution is 9.11. The Kier molecular flexibility index (Phi) is 4.71. The number of hydrogen-bond donors (Lipinski definition) is 2. The van der Waals surface area contributed by atoms with Gasteiger partial charge in [-0.3, -0.25) is 0 Å². The van der Waals surface area contributed by atoms with Crippen LogP contribution in [0.1, 0.15) is 5.56 Å². The van der Waals surface area contributed by atoms with Gasteiger partial charge in [-0.2, -0.15) is 0 Å². The van der Waals surface area contributed by atoms with Crippen molar-refractivity contribution in [1.82, 2.24) is 0 Å². The van der Waals surface area contributed by atoms with Crippen LogP contribution in [0.25, 0.3) is 0 Å². The van der Waals surface area contributed by atoms with Crippen LogP contribution >= 0.6 is 43.5 Å². The zero-order chi connectivity index (χ0) is 14.0. The van der Waals surface area contributed by atoms with Gasteiger partial charge in [-0.05, 0) is 61.7 Å². The van der Waals surface area contributed by atoms with E-state index in [4.69, 9.17) is 11.6 Å². The van der Waals surface area contributed by atoms with Crippen LogP contribution in [-0.2, 0) is 6.54 Å². The molecule has 100 valence electrons. The summed E-state index contributed by atoms with van der Waals surface area (Å²) < 4.78 is 14.3. The zero-order valence-electron chi connectivity index (χ0n) is 9.55. The van der Waals surface area contributed by atoms with Crippen LogP contribution in [0.3, 0.4) is 0 Å². The highest BCUT2D eigenvalue weighted by atomic mass is 79.9. The topological polar surface area (TPSA) is 32.3 Å². The molecule has 0 spiro atoms. The summed E-state index contributed by atoms with van der Waals surface area (Å²) in [6.07, 6.45) is 0. The predicted octanol–water partition coefficient (Wildman–Crippen LogP) is 5.32. The summed E-state index contributed by atoms with van der Waals surface area (Å²) in [5, 5.41) is 12.8. The van der Waals surface area contributed by atoms with E-state index >= 15 is 0 Å². The van der Waals surface area contributed by atoms with E-state index in [1.165, 1.54) is 12.1 Å². The van der Waals surface area contributed by atoms with Crippen molar-refractivity contribution in [3.8, 4) is 5.75 Å². The molecule has 2 rings (SSSR count). The fourth-order valence-electron chi connectivity index (χ4n) is 1.56. The average molecular weight is 409 g/mol. The van der Waals surface area contributed by atoms with Gasteiger partial charge < -0.3 is 10.4 Å². The Balaban J connectivity index is 2.16. The molecule has 0 aliphatic rings. The predicted molar refractivity (Wildman–Crippen MR) is 82.2 cm³/mol. The van der Waals surface area contributed by atoms with E-state index in [0.717, 1.165) is 5.56 Å². The van der Waals surface area contributed by atoms with Crippen molar-refractivity contribution in [3.05, 3.63) is 55.7 Å². The maximum absolute atomic E-state index is 13.1. The molecule has 0 unspecified atom stereocenters. The molecule has 0 bridgehead atoms. The van der Waals surface area contributed by atoms with E-state index in [0.29, 0.717) is 26.2 Å². The Morgan fingerprint density at radius 3 is 2.53 bits per heavy atom. The summed E-state index contributed by atoms with van der Waals surface area (Å²) in [4.78, 5) is 0. The van der Waals surface area contributed by atoms with Crippen molar-refractivity contribution < 1.29 is 9.50 Å². The van der Waals surface area contributed by atoms with Crippen LogP contribution in [0.15, 0.2) is 39.3 Å². The van der Waals surface area contributed by atoms with Gasteiger partial charge in [0.15, 0.2) is 0 Å². The van der Waals surface area contributed by atoms with Gasteiger partial charge in [-0.25, -0.2) is 4.39 Å². The van der Waals surface area contributed by atoms with Gasteiger partial charge in [0.1, 0.15) is 11.6 Å². The number of hydrogen-bond acceptors (Lipinski definition) is 2. The van der Waals surface area contributed by atoms with Crippen LogP contribution in [0, 0.1) is 5.82 Å². The third-order valence-electron chi connectivity index (χ3n) is 2.49. The lowest BCUT2D eigenvalue weighted by molar-refractivity contribution is 0.471. The molecule has 0 saturated heterocycles. The molecule has 0 atom stereocenters. The molecule has 2 N–H and O–H groups in total. The van der Waals surface area contributed by atoms with Gasteiger partial charge >= 0.3 is 0 Å². The third kappa shape index (κ3) is 3.61. The third-order valence-corrected chi connectivity index (χ3v) is 4.05. The molecular formula is C13H9Br2ClFNO. The monoisotopic (exact) mass is 407 g/mol. The number of nitrogens with one attached hydrogen (secondary N) is 1. The molecule has 2 nitrogen and oxygen atoms in total. The van der Waals surface area contributed by atoms with E-state index < -0.39 is 5.82 Å². The number of phenols is 1. The highest BCUT2D eigenvalue weighted by Crippen LogP contribution is 2.32. The number of aromatic hydroxyl groups is 1. The van der Waals surface area contributed by atoms with E-state index in [-0.39, 0.29) is 5.75 Å². The first-order valence-corrected chi connectivity index (χ1v) is 7.29. The molecule has 0 amide bonds. The summed E-state index contributed by atoms with van der Waals surface area (Å²) >= 11 is 12.5. The number of anilines is 1. The molecule has 0 saturated carbocycles. The highest BCUT2D eigenvalue weighted by Gasteiger charge is 2.08. The van der Waals surface area contributed by atoms with Crippen LogP contribution < -0.4 is 5.32 Å². The Hall–Kier alpha value is -0.780. The van der Waals surface area contributed by atoms with E-state index in [2.05, 4.69) is 37.2 Å². The maximum Gasteiger partial charge on any atom is 0.129 e. The maximum atomic E-state index is 13.1. The molecule has 0 aliphatic carbocycles. The molecular weight excluding hydrogens is 400 g/mol. The molecule has 0 radical (unpaired) electrons. The standard InChI is InChI=1S/C13H9Br2ClFNO/c14-9-3-7(1-2-12(9)19)6-18-13-10(15)4-8(17)5-11(13)16/h1-5,18-19H,6H2. The molecule has 0 aliphatic heterocycles. The largest absolute Gasteiger partial charge is 0.507 e. The second-order valence-corrected chi connectivity index (χ2v) is 6.00. The number of phenolic OH excluding ortho intramolecular Hbond substituents is 1. The second kappa shape index (κ2) is 6.11. The van der Waals surface area contributed by atoms with Gasteiger partial charge in [-0.15, -0.1) is 0 Å². The minimum atomic E-state index is -0.394.